The molecule has 46 heavy (non-hydrogen) atoms. The van der Waals surface area contributed by atoms with Crippen LogP contribution in [0.3, 0.4) is 0 Å². The number of carbonyl (C=O) groups excluding carboxylic acids is 2. The number of aliphatic hydroxyl groups excluding tert-OH is 1. The van der Waals surface area contributed by atoms with Gasteiger partial charge in [0.15, 0.2) is 17.7 Å². The Kier molecular flexibility index (Phi) is 13.0. The van der Waals surface area contributed by atoms with Crippen molar-refractivity contribution in [1.82, 2.24) is 16.1 Å². The molecule has 0 unspecified atom stereocenters. The van der Waals surface area contributed by atoms with Crippen molar-refractivity contribution in [1.29, 1.82) is 0 Å². The van der Waals surface area contributed by atoms with Gasteiger partial charge >= 0.3 is 12.0 Å². The Hall–Kier alpha value is -2.99. The highest BCUT2D eigenvalue weighted by molar-refractivity contribution is 14.1. The molecule has 4 N–H and O–H groups in total. The number of carbonyl (C=O) groups is 2. The van der Waals surface area contributed by atoms with Crippen LogP contribution in [-0.4, -0.2) is 49.9 Å². The summed E-state index contributed by atoms with van der Waals surface area (Å²) >= 11 is 16.7. The summed E-state index contributed by atoms with van der Waals surface area (Å²) < 4.78 is 24.5. The van der Waals surface area contributed by atoms with Gasteiger partial charge in [0.05, 0.1) is 35.1 Å². The van der Waals surface area contributed by atoms with Crippen molar-refractivity contribution in [3.63, 3.8) is 0 Å². The van der Waals surface area contributed by atoms with Crippen LogP contribution < -0.4 is 30.3 Å². The summed E-state index contributed by atoms with van der Waals surface area (Å²) in [4.78, 5) is 24.7. The fourth-order valence-corrected chi connectivity index (χ4v) is 6.94. The molecule has 0 fully saturated rings. The zero-order valence-corrected chi connectivity index (χ0v) is 30.7. The molecule has 0 bridgehead atoms. The van der Waals surface area contributed by atoms with Gasteiger partial charge in [-0.05, 0) is 101 Å². The maximum absolute atomic E-state index is 12.5. The molecule has 2 atom stereocenters. The zero-order chi connectivity index (χ0) is 33.4. The second-order valence-corrected chi connectivity index (χ2v) is 13.0. The van der Waals surface area contributed by atoms with Gasteiger partial charge in [-0.3, -0.25) is 5.43 Å². The number of ether oxygens (including phenoxy) is 4. The van der Waals surface area contributed by atoms with Gasteiger partial charge in [0, 0.05) is 30.4 Å². The number of rotatable bonds is 13. The first kappa shape index (κ1) is 35.9. The van der Waals surface area contributed by atoms with Crippen LogP contribution in [0, 0.1) is 7.14 Å². The molecule has 0 saturated heterocycles. The van der Waals surface area contributed by atoms with E-state index in [9.17, 15) is 14.7 Å². The summed E-state index contributed by atoms with van der Waals surface area (Å²) in [5.74, 6) is 0.740. The number of nitrogens with one attached hydrogen (secondary N) is 3. The lowest BCUT2D eigenvalue weighted by Gasteiger charge is -2.28. The van der Waals surface area contributed by atoms with Crippen LogP contribution in [0.1, 0.15) is 36.6 Å². The number of halogens is 4. The van der Waals surface area contributed by atoms with Crippen molar-refractivity contribution < 1.29 is 33.6 Å². The number of esters is 1. The molecule has 0 spiro atoms. The van der Waals surface area contributed by atoms with Crippen LogP contribution in [0.4, 0.5) is 4.79 Å². The van der Waals surface area contributed by atoms with E-state index in [-0.39, 0.29) is 18.8 Å². The van der Waals surface area contributed by atoms with Gasteiger partial charge in [0.1, 0.15) is 19.0 Å². The number of hydrazone groups is 1. The largest absolute Gasteiger partial charge is 0.490 e. The van der Waals surface area contributed by atoms with E-state index in [1.807, 2.05) is 25.1 Å². The molecule has 3 aromatic rings. The van der Waals surface area contributed by atoms with Gasteiger partial charge in [-0.15, -0.1) is 0 Å². The first-order valence-electron chi connectivity index (χ1n) is 13.8. The number of amides is 2. The molecule has 0 radical (unpaired) electrons. The molecule has 1 aliphatic heterocycles. The fraction of sp³-hybridized carbons (Fsp3) is 0.258. The summed E-state index contributed by atoms with van der Waals surface area (Å²) in [5, 5.41) is 21.2. The molecule has 1 heterocycles. The minimum absolute atomic E-state index is 0.171. The van der Waals surface area contributed by atoms with Gasteiger partial charge in [0.25, 0.3) is 0 Å². The average Bonchev–Trinajstić information content (AvgIpc) is 3.00. The van der Waals surface area contributed by atoms with E-state index in [0.29, 0.717) is 50.7 Å². The van der Waals surface area contributed by atoms with Crippen LogP contribution in [-0.2, 0) is 16.1 Å². The van der Waals surface area contributed by atoms with Crippen LogP contribution in [0.5, 0.6) is 17.2 Å². The summed E-state index contributed by atoms with van der Waals surface area (Å²) in [6, 6.07) is 12.9. The Labute approximate surface area is 303 Å². The van der Waals surface area contributed by atoms with Crippen molar-refractivity contribution in [3.05, 3.63) is 93.7 Å². The standard InChI is InChI=1S/C31H30Cl2I2N4O7/c1-4-44-25-10-17(28-27(30(41)43-3)16(2)37-31(42)38-28)6-8-24(25)45-15-26(40)39-36-13-19-9-21(34)12-23(35)29(19)46-14-18-5-7-20(32)11-22(18)33/h5-13,26,28,39-40H,4,14-15H2,1-3H3,(H2,37,38,42)/b36-13+/t26-,28+/m0/s1. The second-order valence-electron chi connectivity index (χ2n) is 9.75. The summed E-state index contributed by atoms with van der Waals surface area (Å²) in [5.41, 5.74) is 5.36. The number of nitrogens with zero attached hydrogens (tertiary/aromatic N) is 1. The first-order chi connectivity index (χ1) is 22.0. The number of methoxy groups -OCH3 is 1. The van der Waals surface area contributed by atoms with E-state index in [2.05, 4.69) is 66.3 Å². The minimum Gasteiger partial charge on any atom is -0.490 e. The van der Waals surface area contributed by atoms with Gasteiger partial charge in [0.2, 0.25) is 0 Å². The monoisotopic (exact) mass is 894 g/mol. The molecule has 11 nitrogen and oxygen atoms in total. The van der Waals surface area contributed by atoms with Crippen LogP contribution >= 0.6 is 68.4 Å². The highest BCUT2D eigenvalue weighted by Gasteiger charge is 2.32. The highest BCUT2D eigenvalue weighted by atomic mass is 127. The molecule has 3 aromatic carbocycles. The third-order valence-corrected chi connectivity index (χ3v) is 8.53. The van der Waals surface area contributed by atoms with E-state index in [0.717, 1.165) is 12.7 Å². The van der Waals surface area contributed by atoms with Gasteiger partial charge in [-0.25, -0.2) is 9.59 Å². The lowest BCUT2D eigenvalue weighted by atomic mass is 9.95. The molecule has 4 rings (SSSR count). The Bertz CT molecular complexity index is 1670. The van der Waals surface area contributed by atoms with Crippen LogP contribution in [0.25, 0.3) is 0 Å². The molecule has 1 aliphatic rings. The van der Waals surface area contributed by atoms with Crippen LogP contribution in [0.2, 0.25) is 10.0 Å². The van der Waals surface area contributed by atoms with Crippen LogP contribution in [0.15, 0.2) is 64.9 Å². The number of urea groups is 1. The lowest BCUT2D eigenvalue weighted by molar-refractivity contribution is -0.136. The molecular weight excluding hydrogens is 865 g/mol. The summed E-state index contributed by atoms with van der Waals surface area (Å²) in [6.07, 6.45) is 0.374. The molecule has 0 aromatic heterocycles. The topological polar surface area (TPSA) is 140 Å². The maximum Gasteiger partial charge on any atom is 0.337 e. The van der Waals surface area contributed by atoms with E-state index in [4.69, 9.17) is 42.1 Å². The quantitative estimate of drug-likeness (QED) is 0.0516. The number of hydrogen-bond acceptors (Lipinski definition) is 9. The normalized spacial score (nSPS) is 15.2. The van der Waals surface area contributed by atoms with Crippen molar-refractivity contribution in [2.24, 2.45) is 5.10 Å². The number of benzene rings is 3. The van der Waals surface area contributed by atoms with Crippen molar-refractivity contribution >= 4 is 86.6 Å². The predicted octanol–water partition coefficient (Wildman–Crippen LogP) is 6.30. The van der Waals surface area contributed by atoms with Gasteiger partial charge < -0.3 is 34.7 Å². The fourth-order valence-electron chi connectivity index (χ4n) is 4.43. The second kappa shape index (κ2) is 16.7. The van der Waals surface area contributed by atoms with Gasteiger partial charge in [-0.2, -0.15) is 5.10 Å². The third kappa shape index (κ3) is 9.30. The molecular formula is C31H30Cl2I2N4O7. The first-order valence-corrected chi connectivity index (χ1v) is 16.7. The number of hydrogen-bond donors (Lipinski definition) is 4. The Morgan fingerprint density at radius 2 is 1.89 bits per heavy atom. The van der Waals surface area contributed by atoms with Crippen molar-refractivity contribution in [2.75, 3.05) is 20.3 Å². The molecule has 0 aliphatic carbocycles. The summed E-state index contributed by atoms with van der Waals surface area (Å²) in [7, 11) is 1.27. The Balaban J connectivity index is 1.43. The van der Waals surface area contributed by atoms with E-state index in [1.54, 1.807) is 43.5 Å². The van der Waals surface area contributed by atoms with E-state index < -0.39 is 24.3 Å². The molecule has 0 saturated carbocycles. The number of allylic oxidation sites excluding steroid dienone is 1. The Morgan fingerprint density at radius 1 is 1.11 bits per heavy atom. The smallest absolute Gasteiger partial charge is 0.337 e. The molecule has 15 heteroatoms. The molecule has 244 valence electrons. The zero-order valence-electron chi connectivity index (χ0n) is 24.8. The molecule has 2 amide bonds. The Morgan fingerprint density at radius 3 is 2.61 bits per heavy atom. The third-order valence-electron chi connectivity index (χ3n) is 6.52. The average molecular weight is 895 g/mol. The van der Waals surface area contributed by atoms with Crippen molar-refractivity contribution in [2.45, 2.75) is 32.7 Å². The van der Waals surface area contributed by atoms with E-state index >= 15 is 0 Å². The van der Waals surface area contributed by atoms with E-state index in [1.165, 1.54) is 7.11 Å². The lowest BCUT2D eigenvalue weighted by Crippen LogP contribution is -2.45. The highest BCUT2D eigenvalue weighted by Crippen LogP contribution is 2.35. The maximum atomic E-state index is 12.5. The SMILES string of the molecule is CCOc1cc([C@H]2NC(=O)NC(C)=C2C(=O)OC)ccc1OC[C@H](O)N/N=C/c1cc(I)cc(I)c1OCc1ccc(Cl)cc1Cl. The number of aliphatic hydroxyl groups is 1. The predicted molar refractivity (Wildman–Crippen MR) is 192 cm³/mol. The minimum atomic E-state index is -1.18. The van der Waals surface area contributed by atoms with Crippen molar-refractivity contribution in [3.8, 4) is 17.2 Å². The van der Waals surface area contributed by atoms with Gasteiger partial charge in [-0.1, -0.05) is 35.3 Å². The summed E-state index contributed by atoms with van der Waals surface area (Å²) in [6.45, 7) is 3.81.